The summed E-state index contributed by atoms with van der Waals surface area (Å²) >= 11 is 4.32. The molecule has 1 aliphatic rings. The molecule has 1 aliphatic heterocycles. The largest absolute Gasteiger partial charge is 0.308 e. The Kier molecular flexibility index (Phi) is 2.80. The van der Waals surface area contributed by atoms with Crippen LogP contribution in [0.15, 0.2) is 47.6 Å². The fraction of sp³-hybridized carbons (Fsp3) is 0.143. The van der Waals surface area contributed by atoms with Crippen LogP contribution in [-0.2, 0) is 6.42 Å². The lowest BCUT2D eigenvalue weighted by atomic mass is 10.1. The molecule has 2 heterocycles. The predicted octanol–water partition coefficient (Wildman–Crippen LogP) is 2.57. The van der Waals surface area contributed by atoms with Crippen molar-refractivity contribution in [1.29, 1.82) is 0 Å². The summed E-state index contributed by atoms with van der Waals surface area (Å²) in [7, 11) is 0. The molecule has 18 heavy (non-hydrogen) atoms. The number of nitrogens with zero attached hydrogens (tertiary/aromatic N) is 2. The summed E-state index contributed by atoms with van der Waals surface area (Å²) < 4.78 is 0. The van der Waals surface area contributed by atoms with Crippen molar-refractivity contribution in [3.8, 4) is 0 Å². The first-order valence-electron chi connectivity index (χ1n) is 5.79. The standard InChI is InChI=1S/C14H12N2OS/c17-14(10-3-6-15-7-4-10)16-8-5-11-9-12(18)1-2-13(11)16/h1-4,6-7,9,18H,5,8H2. The second-order valence-electron chi connectivity index (χ2n) is 4.26. The van der Waals surface area contributed by atoms with Crippen LogP contribution in [0.1, 0.15) is 15.9 Å². The second-order valence-corrected chi connectivity index (χ2v) is 4.77. The Morgan fingerprint density at radius 3 is 2.78 bits per heavy atom. The summed E-state index contributed by atoms with van der Waals surface area (Å²) in [6, 6.07) is 9.39. The van der Waals surface area contributed by atoms with Crippen molar-refractivity contribution < 1.29 is 4.79 Å². The number of anilines is 1. The number of amides is 1. The highest BCUT2D eigenvalue weighted by Gasteiger charge is 2.25. The number of pyridine rings is 1. The third kappa shape index (κ3) is 1.88. The maximum Gasteiger partial charge on any atom is 0.258 e. The van der Waals surface area contributed by atoms with Gasteiger partial charge in [-0.2, -0.15) is 0 Å². The van der Waals surface area contributed by atoms with Crippen LogP contribution in [0.3, 0.4) is 0 Å². The number of fused-ring (bicyclic) bond motifs is 1. The molecule has 1 amide bonds. The monoisotopic (exact) mass is 256 g/mol. The maximum atomic E-state index is 12.4. The van der Waals surface area contributed by atoms with Crippen molar-refractivity contribution in [3.05, 3.63) is 53.9 Å². The van der Waals surface area contributed by atoms with Crippen LogP contribution >= 0.6 is 12.6 Å². The van der Waals surface area contributed by atoms with Gasteiger partial charge in [-0.1, -0.05) is 0 Å². The fourth-order valence-corrected chi connectivity index (χ4v) is 2.48. The Labute approximate surface area is 111 Å². The van der Waals surface area contributed by atoms with Gasteiger partial charge in [0, 0.05) is 35.1 Å². The van der Waals surface area contributed by atoms with E-state index in [2.05, 4.69) is 17.6 Å². The average Bonchev–Trinajstić information content (AvgIpc) is 2.81. The van der Waals surface area contributed by atoms with Gasteiger partial charge in [-0.15, -0.1) is 12.6 Å². The molecule has 0 aliphatic carbocycles. The summed E-state index contributed by atoms with van der Waals surface area (Å²) in [5, 5.41) is 0. The topological polar surface area (TPSA) is 33.2 Å². The SMILES string of the molecule is O=C(c1ccncc1)N1CCc2cc(S)ccc21. The Bertz CT molecular complexity index is 598. The zero-order valence-electron chi connectivity index (χ0n) is 9.71. The lowest BCUT2D eigenvalue weighted by molar-refractivity contribution is 0.0989. The van der Waals surface area contributed by atoms with Crippen molar-refractivity contribution in [1.82, 2.24) is 4.98 Å². The van der Waals surface area contributed by atoms with Gasteiger partial charge in [0.2, 0.25) is 0 Å². The van der Waals surface area contributed by atoms with E-state index in [-0.39, 0.29) is 5.91 Å². The molecule has 0 radical (unpaired) electrons. The molecule has 1 aromatic carbocycles. The van der Waals surface area contributed by atoms with E-state index < -0.39 is 0 Å². The van der Waals surface area contributed by atoms with E-state index in [1.807, 2.05) is 23.1 Å². The third-order valence-electron chi connectivity index (χ3n) is 3.13. The third-order valence-corrected chi connectivity index (χ3v) is 3.41. The Balaban J connectivity index is 1.95. The molecule has 0 N–H and O–H groups in total. The number of hydrogen-bond acceptors (Lipinski definition) is 3. The van der Waals surface area contributed by atoms with Crippen LogP contribution in [0.25, 0.3) is 0 Å². The van der Waals surface area contributed by atoms with Crippen molar-refractivity contribution in [2.45, 2.75) is 11.3 Å². The minimum Gasteiger partial charge on any atom is -0.308 e. The number of hydrogen-bond donors (Lipinski definition) is 1. The molecule has 0 saturated heterocycles. The number of aromatic nitrogens is 1. The number of benzene rings is 1. The molecular formula is C14H12N2OS. The van der Waals surface area contributed by atoms with E-state index in [9.17, 15) is 4.79 Å². The smallest absolute Gasteiger partial charge is 0.258 e. The molecule has 90 valence electrons. The van der Waals surface area contributed by atoms with Crippen LogP contribution in [0, 0.1) is 0 Å². The molecule has 4 heteroatoms. The highest BCUT2D eigenvalue weighted by atomic mass is 32.1. The van der Waals surface area contributed by atoms with Crippen LogP contribution in [0.5, 0.6) is 0 Å². The minimum absolute atomic E-state index is 0.0306. The molecule has 0 saturated carbocycles. The fourth-order valence-electron chi connectivity index (χ4n) is 2.25. The normalized spacial score (nSPS) is 13.5. The summed E-state index contributed by atoms with van der Waals surface area (Å²) in [4.78, 5) is 19.1. The first-order valence-corrected chi connectivity index (χ1v) is 6.24. The van der Waals surface area contributed by atoms with Crippen molar-refractivity contribution in [2.75, 3.05) is 11.4 Å². The van der Waals surface area contributed by atoms with Gasteiger partial charge in [0.1, 0.15) is 0 Å². The first kappa shape index (κ1) is 11.3. The Morgan fingerprint density at radius 2 is 2.00 bits per heavy atom. The summed E-state index contributed by atoms with van der Waals surface area (Å²) in [6.45, 7) is 0.730. The quantitative estimate of drug-likeness (QED) is 0.796. The zero-order chi connectivity index (χ0) is 12.5. The number of carbonyl (C=O) groups is 1. The van der Waals surface area contributed by atoms with Crippen molar-refractivity contribution >= 4 is 24.2 Å². The van der Waals surface area contributed by atoms with E-state index >= 15 is 0 Å². The molecule has 0 bridgehead atoms. The van der Waals surface area contributed by atoms with E-state index in [4.69, 9.17) is 0 Å². The molecule has 0 unspecified atom stereocenters. The van der Waals surface area contributed by atoms with Gasteiger partial charge in [-0.3, -0.25) is 9.78 Å². The molecule has 3 rings (SSSR count). The second kappa shape index (κ2) is 4.46. The van der Waals surface area contributed by atoms with Crippen LogP contribution < -0.4 is 4.90 Å². The van der Waals surface area contributed by atoms with Crippen molar-refractivity contribution in [3.63, 3.8) is 0 Å². The minimum atomic E-state index is 0.0306. The van der Waals surface area contributed by atoms with Gasteiger partial charge in [0.05, 0.1) is 0 Å². The Morgan fingerprint density at radius 1 is 1.22 bits per heavy atom. The van der Waals surface area contributed by atoms with E-state index in [0.29, 0.717) is 5.56 Å². The van der Waals surface area contributed by atoms with Gasteiger partial charge in [0.25, 0.3) is 5.91 Å². The summed E-state index contributed by atoms with van der Waals surface area (Å²) in [5.41, 5.74) is 2.85. The number of rotatable bonds is 1. The van der Waals surface area contributed by atoms with Gasteiger partial charge in [-0.25, -0.2) is 0 Å². The van der Waals surface area contributed by atoms with Gasteiger partial charge < -0.3 is 4.90 Å². The van der Waals surface area contributed by atoms with Crippen molar-refractivity contribution in [2.24, 2.45) is 0 Å². The molecule has 0 spiro atoms. The molecule has 3 nitrogen and oxygen atoms in total. The maximum absolute atomic E-state index is 12.4. The first-order chi connectivity index (χ1) is 8.75. The van der Waals surface area contributed by atoms with Crippen LogP contribution in [0.4, 0.5) is 5.69 Å². The number of thiol groups is 1. The van der Waals surface area contributed by atoms with Gasteiger partial charge in [-0.05, 0) is 42.3 Å². The number of carbonyl (C=O) groups excluding carboxylic acids is 1. The van der Waals surface area contributed by atoms with E-state index in [0.717, 1.165) is 23.5 Å². The lowest BCUT2D eigenvalue weighted by Crippen LogP contribution is -2.28. The molecule has 2 aromatic rings. The molecule has 0 fully saturated rings. The highest BCUT2D eigenvalue weighted by molar-refractivity contribution is 7.80. The molecule has 0 atom stereocenters. The van der Waals surface area contributed by atoms with E-state index in [1.165, 1.54) is 5.56 Å². The molecular weight excluding hydrogens is 244 g/mol. The molecule has 1 aromatic heterocycles. The van der Waals surface area contributed by atoms with Crippen LogP contribution in [0.2, 0.25) is 0 Å². The Hall–Kier alpha value is -1.81. The average molecular weight is 256 g/mol. The summed E-state index contributed by atoms with van der Waals surface area (Å²) in [5.74, 6) is 0.0306. The predicted molar refractivity (Wildman–Crippen MR) is 73.3 cm³/mol. The zero-order valence-corrected chi connectivity index (χ0v) is 10.6. The van der Waals surface area contributed by atoms with Gasteiger partial charge in [0.15, 0.2) is 0 Å². The lowest BCUT2D eigenvalue weighted by Gasteiger charge is -2.17. The van der Waals surface area contributed by atoms with Gasteiger partial charge >= 0.3 is 0 Å². The summed E-state index contributed by atoms with van der Waals surface area (Å²) in [6.07, 6.45) is 4.17. The van der Waals surface area contributed by atoms with Crippen LogP contribution in [-0.4, -0.2) is 17.4 Å². The highest BCUT2D eigenvalue weighted by Crippen LogP contribution is 2.30. The van der Waals surface area contributed by atoms with E-state index in [1.54, 1.807) is 24.5 Å².